The SMILES string of the molecule is COc1cc(/C=C(\O)C(Cl)(Cl)Cl)ncn1. The van der Waals surface area contributed by atoms with Gasteiger partial charge in [0.1, 0.15) is 12.1 Å². The maximum absolute atomic E-state index is 9.37. The zero-order valence-corrected chi connectivity index (χ0v) is 9.88. The van der Waals surface area contributed by atoms with Crippen molar-refractivity contribution >= 4 is 40.9 Å². The molecule has 7 heteroatoms. The molecule has 0 saturated heterocycles. The first-order chi connectivity index (χ1) is 6.93. The van der Waals surface area contributed by atoms with Crippen molar-refractivity contribution in [3.05, 3.63) is 23.8 Å². The average molecular weight is 270 g/mol. The van der Waals surface area contributed by atoms with Crippen LogP contribution in [0.1, 0.15) is 5.69 Å². The van der Waals surface area contributed by atoms with Crippen LogP contribution in [0.15, 0.2) is 18.2 Å². The summed E-state index contributed by atoms with van der Waals surface area (Å²) in [5.74, 6) is -0.0679. The second kappa shape index (κ2) is 4.88. The van der Waals surface area contributed by atoms with Gasteiger partial charge in [0, 0.05) is 12.1 Å². The Balaban J connectivity index is 2.98. The third-order valence-corrected chi connectivity index (χ3v) is 2.03. The van der Waals surface area contributed by atoms with E-state index in [9.17, 15) is 5.11 Å². The fraction of sp³-hybridized carbons (Fsp3) is 0.250. The van der Waals surface area contributed by atoms with Crippen LogP contribution < -0.4 is 4.74 Å². The first-order valence-corrected chi connectivity index (χ1v) is 4.91. The van der Waals surface area contributed by atoms with Crippen LogP contribution in [0.4, 0.5) is 0 Å². The Labute approximate surface area is 101 Å². The highest BCUT2D eigenvalue weighted by Gasteiger charge is 2.25. The van der Waals surface area contributed by atoms with Gasteiger partial charge in [0.15, 0.2) is 0 Å². The predicted octanol–water partition coefficient (Wildman–Crippen LogP) is 2.75. The third kappa shape index (κ3) is 3.74. The van der Waals surface area contributed by atoms with Crippen molar-refractivity contribution < 1.29 is 9.84 Å². The molecule has 0 bridgehead atoms. The van der Waals surface area contributed by atoms with Gasteiger partial charge in [-0.15, -0.1) is 0 Å². The van der Waals surface area contributed by atoms with Crippen LogP contribution in [0.25, 0.3) is 6.08 Å². The van der Waals surface area contributed by atoms with E-state index < -0.39 is 9.55 Å². The molecule has 1 rings (SSSR count). The van der Waals surface area contributed by atoms with E-state index in [-0.39, 0.29) is 0 Å². The molecule has 1 N–H and O–H groups in total. The topological polar surface area (TPSA) is 55.2 Å². The Morgan fingerprint density at radius 1 is 1.47 bits per heavy atom. The summed E-state index contributed by atoms with van der Waals surface area (Å²) in [4.78, 5) is 7.62. The molecule has 0 saturated carbocycles. The van der Waals surface area contributed by atoms with Gasteiger partial charge < -0.3 is 9.84 Å². The second-order valence-electron chi connectivity index (χ2n) is 2.51. The molecule has 0 radical (unpaired) electrons. The first-order valence-electron chi connectivity index (χ1n) is 3.77. The number of halogens is 3. The van der Waals surface area contributed by atoms with Gasteiger partial charge in [0.2, 0.25) is 9.67 Å². The average Bonchev–Trinajstić information content (AvgIpc) is 2.16. The van der Waals surface area contributed by atoms with Crippen LogP contribution in [-0.4, -0.2) is 26.0 Å². The number of rotatable bonds is 2. The van der Waals surface area contributed by atoms with Gasteiger partial charge in [-0.25, -0.2) is 9.97 Å². The van der Waals surface area contributed by atoms with Crippen LogP contribution in [-0.2, 0) is 0 Å². The Hall–Kier alpha value is -0.710. The van der Waals surface area contributed by atoms with Gasteiger partial charge >= 0.3 is 0 Å². The van der Waals surface area contributed by atoms with Crippen molar-refractivity contribution in [3.63, 3.8) is 0 Å². The molecule has 0 spiro atoms. The number of allylic oxidation sites excluding steroid dienone is 1. The molecule has 0 unspecified atom stereocenters. The molecule has 0 aliphatic carbocycles. The maximum atomic E-state index is 9.37. The molecule has 1 aromatic rings. The number of aliphatic hydroxyl groups is 1. The summed E-state index contributed by atoms with van der Waals surface area (Å²) in [6, 6.07) is 1.49. The van der Waals surface area contributed by atoms with Crippen LogP contribution in [0.3, 0.4) is 0 Å². The third-order valence-electron chi connectivity index (χ3n) is 1.45. The highest BCUT2D eigenvalue weighted by Crippen LogP contribution is 2.33. The number of methoxy groups -OCH3 is 1. The highest BCUT2D eigenvalue weighted by atomic mass is 35.6. The quantitative estimate of drug-likeness (QED) is 0.662. The number of aromatic nitrogens is 2. The summed E-state index contributed by atoms with van der Waals surface area (Å²) < 4.78 is 3.00. The molecule has 82 valence electrons. The van der Waals surface area contributed by atoms with Crippen molar-refractivity contribution in [1.29, 1.82) is 0 Å². The Morgan fingerprint density at radius 3 is 2.67 bits per heavy atom. The summed E-state index contributed by atoms with van der Waals surface area (Å²) in [6.07, 6.45) is 2.49. The van der Waals surface area contributed by atoms with E-state index in [4.69, 9.17) is 39.5 Å². The van der Waals surface area contributed by atoms with Crippen molar-refractivity contribution in [3.8, 4) is 5.88 Å². The highest BCUT2D eigenvalue weighted by molar-refractivity contribution is 6.69. The van der Waals surface area contributed by atoms with E-state index in [0.29, 0.717) is 11.6 Å². The zero-order valence-electron chi connectivity index (χ0n) is 7.62. The maximum Gasteiger partial charge on any atom is 0.247 e. The van der Waals surface area contributed by atoms with E-state index in [1.165, 1.54) is 25.6 Å². The number of hydrogen-bond donors (Lipinski definition) is 1. The van der Waals surface area contributed by atoms with E-state index >= 15 is 0 Å². The minimum Gasteiger partial charge on any atom is -0.508 e. The van der Waals surface area contributed by atoms with Crippen molar-refractivity contribution in [1.82, 2.24) is 9.97 Å². The fourth-order valence-corrected chi connectivity index (χ4v) is 0.930. The molecule has 0 fully saturated rings. The van der Waals surface area contributed by atoms with Crippen molar-refractivity contribution in [2.75, 3.05) is 7.11 Å². The largest absolute Gasteiger partial charge is 0.508 e. The lowest BCUT2D eigenvalue weighted by Gasteiger charge is -2.08. The van der Waals surface area contributed by atoms with Gasteiger partial charge in [-0.2, -0.15) is 0 Å². The number of alkyl halides is 3. The van der Waals surface area contributed by atoms with Gasteiger partial charge in [-0.1, -0.05) is 34.8 Å². The van der Waals surface area contributed by atoms with Gasteiger partial charge in [0.05, 0.1) is 12.8 Å². The molecule has 1 aromatic heterocycles. The fourth-order valence-electron chi connectivity index (χ4n) is 0.766. The molecular weight excluding hydrogens is 262 g/mol. The molecule has 0 amide bonds. The van der Waals surface area contributed by atoms with E-state index in [1.54, 1.807) is 0 Å². The minimum absolute atomic E-state index is 0.355. The van der Waals surface area contributed by atoms with Gasteiger partial charge in [-0.05, 0) is 0 Å². The predicted molar refractivity (Wildman–Crippen MR) is 59.5 cm³/mol. The number of hydrogen-bond acceptors (Lipinski definition) is 4. The van der Waals surface area contributed by atoms with E-state index in [2.05, 4.69) is 9.97 Å². The normalized spacial score (nSPS) is 12.7. The number of ether oxygens (including phenoxy) is 1. The minimum atomic E-state index is -1.86. The zero-order chi connectivity index (χ0) is 11.5. The van der Waals surface area contributed by atoms with Gasteiger partial charge in [-0.3, -0.25) is 0 Å². The van der Waals surface area contributed by atoms with Crippen molar-refractivity contribution in [2.24, 2.45) is 0 Å². The summed E-state index contributed by atoms with van der Waals surface area (Å²) in [5, 5.41) is 9.37. The Bertz CT molecular complexity index is 376. The number of aliphatic hydroxyl groups excluding tert-OH is 1. The number of nitrogens with zero attached hydrogens (tertiary/aromatic N) is 2. The van der Waals surface area contributed by atoms with E-state index in [1.807, 2.05) is 0 Å². The molecule has 0 aromatic carbocycles. The lowest BCUT2D eigenvalue weighted by Crippen LogP contribution is -2.06. The molecule has 0 aliphatic rings. The van der Waals surface area contributed by atoms with Gasteiger partial charge in [0.25, 0.3) is 0 Å². The molecule has 15 heavy (non-hydrogen) atoms. The summed E-state index contributed by atoms with van der Waals surface area (Å²) >= 11 is 16.3. The molecule has 0 atom stereocenters. The van der Waals surface area contributed by atoms with Crippen LogP contribution >= 0.6 is 34.8 Å². The molecule has 1 heterocycles. The molecule has 0 aliphatic heterocycles. The monoisotopic (exact) mass is 268 g/mol. The lowest BCUT2D eigenvalue weighted by molar-refractivity contribution is 0.396. The summed E-state index contributed by atoms with van der Waals surface area (Å²) in [6.45, 7) is 0. The van der Waals surface area contributed by atoms with E-state index in [0.717, 1.165) is 0 Å². The molecule has 4 nitrogen and oxygen atoms in total. The standard InChI is InChI=1S/C8H7Cl3N2O2/c1-15-7-3-5(12-4-13-7)2-6(14)8(9,10)11/h2-4,14H,1H3/b6-2-. The summed E-state index contributed by atoms with van der Waals surface area (Å²) in [7, 11) is 1.46. The molecular formula is C8H7Cl3N2O2. The Kier molecular flexibility index (Phi) is 4.02. The first kappa shape index (κ1) is 12.4. The van der Waals surface area contributed by atoms with Crippen LogP contribution in [0, 0.1) is 0 Å². The van der Waals surface area contributed by atoms with Crippen LogP contribution in [0.5, 0.6) is 5.88 Å². The smallest absolute Gasteiger partial charge is 0.247 e. The van der Waals surface area contributed by atoms with Crippen molar-refractivity contribution in [2.45, 2.75) is 3.79 Å². The summed E-state index contributed by atoms with van der Waals surface area (Å²) in [5.41, 5.74) is 0.380. The Morgan fingerprint density at radius 2 is 2.13 bits per heavy atom. The second-order valence-corrected chi connectivity index (χ2v) is 4.79. The van der Waals surface area contributed by atoms with Crippen LogP contribution in [0.2, 0.25) is 0 Å². The lowest BCUT2D eigenvalue weighted by atomic mass is 10.3.